The molecule has 0 unspecified atom stereocenters. The van der Waals surface area contributed by atoms with Gasteiger partial charge in [0.1, 0.15) is 11.6 Å². The van der Waals surface area contributed by atoms with Crippen molar-refractivity contribution in [3.63, 3.8) is 0 Å². The Bertz CT molecular complexity index is 600. The van der Waals surface area contributed by atoms with E-state index in [1.807, 2.05) is 0 Å². The fourth-order valence-corrected chi connectivity index (χ4v) is 1.81. The zero-order chi connectivity index (χ0) is 14.5. The third-order valence-corrected chi connectivity index (χ3v) is 2.81. The van der Waals surface area contributed by atoms with Crippen molar-refractivity contribution < 1.29 is 9.18 Å². The van der Waals surface area contributed by atoms with Gasteiger partial charge in [-0.15, -0.1) is 0 Å². The van der Waals surface area contributed by atoms with Gasteiger partial charge in [0, 0.05) is 19.8 Å². The lowest BCUT2D eigenvalue weighted by Gasteiger charge is -2.17. The van der Waals surface area contributed by atoms with Crippen LogP contribution >= 0.6 is 0 Å². The molecule has 0 aliphatic rings. The average molecular weight is 274 g/mol. The van der Waals surface area contributed by atoms with Crippen LogP contribution in [-0.4, -0.2) is 22.8 Å². The van der Waals surface area contributed by atoms with E-state index in [-0.39, 0.29) is 11.7 Å². The van der Waals surface area contributed by atoms with Gasteiger partial charge < -0.3 is 10.3 Å². The van der Waals surface area contributed by atoms with Gasteiger partial charge in [0.05, 0.1) is 5.56 Å². The summed E-state index contributed by atoms with van der Waals surface area (Å²) >= 11 is 0. The highest BCUT2D eigenvalue weighted by molar-refractivity contribution is 5.93. The number of nitrogen functional groups attached to an aromatic ring is 1. The molecule has 104 valence electrons. The molecule has 0 spiro atoms. The first-order valence-corrected chi connectivity index (χ1v) is 6.02. The Morgan fingerprint density at radius 1 is 1.40 bits per heavy atom. The van der Waals surface area contributed by atoms with Crippen molar-refractivity contribution in [2.45, 2.75) is 6.54 Å². The highest BCUT2D eigenvalue weighted by Gasteiger charge is 2.12. The third-order valence-electron chi connectivity index (χ3n) is 2.81. The molecule has 2 aromatic rings. The smallest absolute Gasteiger partial charge is 0.255 e. The second-order valence-corrected chi connectivity index (χ2v) is 4.37. The molecule has 0 aliphatic carbocycles. The van der Waals surface area contributed by atoms with Gasteiger partial charge in [-0.2, -0.15) is 0 Å². The summed E-state index contributed by atoms with van der Waals surface area (Å²) in [6.45, 7) is 0.327. The van der Waals surface area contributed by atoms with Crippen LogP contribution in [0.3, 0.4) is 0 Å². The molecular formula is C14H15FN4O. The van der Waals surface area contributed by atoms with E-state index in [4.69, 9.17) is 5.84 Å². The molecule has 6 heteroatoms. The summed E-state index contributed by atoms with van der Waals surface area (Å²) in [5, 5.41) is 0. The second-order valence-electron chi connectivity index (χ2n) is 4.37. The number of anilines is 1. The molecule has 0 saturated heterocycles. The fraction of sp³-hybridized carbons (Fsp3) is 0.143. The Kier molecular flexibility index (Phi) is 4.27. The van der Waals surface area contributed by atoms with E-state index in [1.54, 1.807) is 31.3 Å². The Hall–Kier alpha value is -2.47. The van der Waals surface area contributed by atoms with Crippen LogP contribution in [0.25, 0.3) is 0 Å². The molecule has 0 atom stereocenters. The topological polar surface area (TPSA) is 71.2 Å². The van der Waals surface area contributed by atoms with Gasteiger partial charge >= 0.3 is 0 Å². The fourth-order valence-electron chi connectivity index (χ4n) is 1.81. The van der Waals surface area contributed by atoms with Gasteiger partial charge in [-0.25, -0.2) is 15.2 Å². The summed E-state index contributed by atoms with van der Waals surface area (Å²) in [5.74, 6) is 5.18. The number of hydrogen-bond donors (Lipinski definition) is 2. The summed E-state index contributed by atoms with van der Waals surface area (Å²) < 4.78 is 13.1. The number of halogens is 1. The standard InChI is InChI=1S/C14H15FN4O/c1-19(9-10-3-2-4-12(15)7-10)14(20)11-5-6-13(18-16)17-8-11/h2-8H,9,16H2,1H3,(H,17,18). The molecule has 2 rings (SSSR count). The number of nitrogens with zero attached hydrogens (tertiary/aromatic N) is 2. The molecule has 0 radical (unpaired) electrons. The first-order chi connectivity index (χ1) is 9.60. The van der Waals surface area contributed by atoms with Crippen LogP contribution in [0, 0.1) is 5.82 Å². The van der Waals surface area contributed by atoms with Crippen LogP contribution in [0.1, 0.15) is 15.9 Å². The van der Waals surface area contributed by atoms with Crippen molar-refractivity contribution in [2.75, 3.05) is 12.5 Å². The summed E-state index contributed by atoms with van der Waals surface area (Å²) in [4.78, 5) is 17.7. The molecule has 1 aromatic heterocycles. The van der Waals surface area contributed by atoms with Crippen molar-refractivity contribution in [3.8, 4) is 0 Å². The number of nitrogens with one attached hydrogen (secondary N) is 1. The number of carbonyl (C=O) groups excluding carboxylic acids is 1. The van der Waals surface area contributed by atoms with Gasteiger partial charge in [-0.1, -0.05) is 12.1 Å². The molecule has 0 fully saturated rings. The van der Waals surface area contributed by atoms with Crippen molar-refractivity contribution >= 4 is 11.7 Å². The van der Waals surface area contributed by atoms with Gasteiger partial charge in [0.2, 0.25) is 0 Å². The molecule has 0 aliphatic heterocycles. The second kappa shape index (κ2) is 6.12. The van der Waals surface area contributed by atoms with Crippen molar-refractivity contribution in [2.24, 2.45) is 5.84 Å². The lowest BCUT2D eigenvalue weighted by Crippen LogP contribution is -2.26. The van der Waals surface area contributed by atoms with Crippen LogP contribution in [0.5, 0.6) is 0 Å². The van der Waals surface area contributed by atoms with Gasteiger partial charge in [0.15, 0.2) is 0 Å². The van der Waals surface area contributed by atoms with E-state index in [2.05, 4.69) is 10.4 Å². The number of nitrogens with two attached hydrogens (primary N) is 1. The number of rotatable bonds is 4. The highest BCUT2D eigenvalue weighted by Crippen LogP contribution is 2.10. The molecule has 0 saturated carbocycles. The van der Waals surface area contributed by atoms with Crippen molar-refractivity contribution in [1.82, 2.24) is 9.88 Å². The molecular weight excluding hydrogens is 259 g/mol. The monoisotopic (exact) mass is 274 g/mol. The minimum absolute atomic E-state index is 0.190. The van der Waals surface area contributed by atoms with Crippen LogP contribution in [0.15, 0.2) is 42.6 Å². The average Bonchev–Trinajstić information content (AvgIpc) is 2.46. The number of hydrazine groups is 1. The first kappa shape index (κ1) is 14.0. The van der Waals surface area contributed by atoms with E-state index in [0.717, 1.165) is 5.56 Å². The molecule has 1 heterocycles. The number of amides is 1. The van der Waals surface area contributed by atoms with Crippen LogP contribution in [0.4, 0.5) is 10.2 Å². The van der Waals surface area contributed by atoms with E-state index in [9.17, 15) is 9.18 Å². The van der Waals surface area contributed by atoms with Crippen LogP contribution in [-0.2, 0) is 6.54 Å². The van der Waals surface area contributed by atoms with E-state index in [0.29, 0.717) is 17.9 Å². The maximum absolute atomic E-state index is 13.1. The van der Waals surface area contributed by atoms with E-state index < -0.39 is 0 Å². The molecule has 0 bridgehead atoms. The minimum atomic E-state index is -0.316. The zero-order valence-electron chi connectivity index (χ0n) is 11.0. The number of aromatic nitrogens is 1. The Labute approximate surface area is 116 Å². The normalized spacial score (nSPS) is 10.2. The predicted octanol–water partition coefficient (Wildman–Crippen LogP) is 1.78. The van der Waals surface area contributed by atoms with E-state index in [1.165, 1.54) is 23.2 Å². The predicted molar refractivity (Wildman–Crippen MR) is 74.2 cm³/mol. The van der Waals surface area contributed by atoms with Gasteiger partial charge in [0.25, 0.3) is 5.91 Å². The molecule has 1 aromatic carbocycles. The van der Waals surface area contributed by atoms with Crippen LogP contribution in [0.2, 0.25) is 0 Å². The highest BCUT2D eigenvalue weighted by atomic mass is 19.1. The summed E-state index contributed by atoms with van der Waals surface area (Å²) in [6, 6.07) is 9.41. The van der Waals surface area contributed by atoms with Crippen molar-refractivity contribution in [3.05, 3.63) is 59.5 Å². The number of pyridine rings is 1. The summed E-state index contributed by atoms with van der Waals surface area (Å²) in [5.41, 5.74) is 3.57. The Balaban J connectivity index is 2.07. The quantitative estimate of drug-likeness (QED) is 0.658. The maximum Gasteiger partial charge on any atom is 0.255 e. The largest absolute Gasteiger partial charge is 0.337 e. The van der Waals surface area contributed by atoms with Gasteiger partial charge in [-0.3, -0.25) is 4.79 Å². The molecule has 3 N–H and O–H groups in total. The Morgan fingerprint density at radius 2 is 2.20 bits per heavy atom. The molecule has 1 amide bonds. The maximum atomic E-state index is 13.1. The van der Waals surface area contributed by atoms with E-state index >= 15 is 0 Å². The van der Waals surface area contributed by atoms with Gasteiger partial charge in [-0.05, 0) is 29.8 Å². The third kappa shape index (κ3) is 3.30. The Morgan fingerprint density at radius 3 is 2.80 bits per heavy atom. The van der Waals surface area contributed by atoms with Crippen molar-refractivity contribution in [1.29, 1.82) is 0 Å². The lowest BCUT2D eigenvalue weighted by molar-refractivity contribution is 0.0784. The first-order valence-electron chi connectivity index (χ1n) is 6.02. The number of hydrogen-bond acceptors (Lipinski definition) is 4. The number of benzene rings is 1. The zero-order valence-corrected chi connectivity index (χ0v) is 11.0. The van der Waals surface area contributed by atoms with Crippen LogP contribution < -0.4 is 11.3 Å². The summed E-state index contributed by atoms with van der Waals surface area (Å²) in [7, 11) is 1.66. The number of carbonyl (C=O) groups is 1. The lowest BCUT2D eigenvalue weighted by atomic mass is 10.2. The minimum Gasteiger partial charge on any atom is -0.337 e. The molecule has 20 heavy (non-hydrogen) atoms. The SMILES string of the molecule is CN(Cc1cccc(F)c1)C(=O)c1ccc(NN)nc1. The molecule has 5 nitrogen and oxygen atoms in total. The summed E-state index contributed by atoms with van der Waals surface area (Å²) in [6.07, 6.45) is 1.44.